The molecule has 1 aromatic carbocycles. The van der Waals surface area contributed by atoms with Gasteiger partial charge in [0.25, 0.3) is 0 Å². The zero-order valence-corrected chi connectivity index (χ0v) is 20.4. The second kappa shape index (κ2) is 10.5. The highest BCUT2D eigenvalue weighted by atomic mass is 32.1. The van der Waals surface area contributed by atoms with Gasteiger partial charge < -0.3 is 23.9 Å². The molecule has 0 bridgehead atoms. The molecule has 0 aliphatic carbocycles. The van der Waals surface area contributed by atoms with E-state index in [0.29, 0.717) is 38.5 Å². The number of carbonyl (C=O) groups is 2. The third-order valence-electron chi connectivity index (χ3n) is 4.76. The Hall–Kier alpha value is -3.63. The molecule has 10 heteroatoms. The van der Waals surface area contributed by atoms with Crippen LogP contribution >= 0.6 is 22.7 Å². The molecule has 0 unspecified atom stereocenters. The summed E-state index contributed by atoms with van der Waals surface area (Å²) in [7, 11) is 3.12. The molecule has 4 aromatic rings. The first-order valence-electron chi connectivity index (χ1n) is 10.3. The second-order valence-electron chi connectivity index (χ2n) is 6.99. The maximum absolute atomic E-state index is 12.8. The van der Waals surface area contributed by atoms with Crippen LogP contribution in [0, 0.1) is 0 Å². The number of esters is 1. The molecular formula is C24H22N2O6S2. The number of thiophene rings is 1. The minimum Gasteiger partial charge on any atom is -0.493 e. The SMILES string of the molecule is CCOC(=O)c1sc(-c2ccc(OC)c(OC)c2)cc1NC(=O)Cc1csc(-c2ccco2)n1. The molecule has 1 N–H and O–H groups in total. The summed E-state index contributed by atoms with van der Waals surface area (Å²) in [5, 5.41) is 5.35. The lowest BCUT2D eigenvalue weighted by Gasteiger charge is -2.08. The van der Waals surface area contributed by atoms with Gasteiger partial charge in [-0.15, -0.1) is 22.7 Å². The molecule has 0 aliphatic rings. The lowest BCUT2D eigenvalue weighted by atomic mass is 10.1. The number of ether oxygens (including phenoxy) is 3. The van der Waals surface area contributed by atoms with Crippen LogP contribution in [0.3, 0.4) is 0 Å². The number of aromatic nitrogens is 1. The monoisotopic (exact) mass is 498 g/mol. The number of benzene rings is 1. The molecule has 1 amide bonds. The Labute approximate surface area is 204 Å². The van der Waals surface area contributed by atoms with E-state index in [1.54, 1.807) is 45.6 Å². The second-order valence-corrected chi connectivity index (χ2v) is 8.90. The number of amides is 1. The molecule has 8 nitrogen and oxygen atoms in total. The van der Waals surface area contributed by atoms with Gasteiger partial charge >= 0.3 is 5.97 Å². The van der Waals surface area contributed by atoms with E-state index in [-0.39, 0.29) is 18.9 Å². The van der Waals surface area contributed by atoms with Crippen LogP contribution in [0.15, 0.2) is 52.5 Å². The summed E-state index contributed by atoms with van der Waals surface area (Å²) in [5.41, 5.74) is 1.82. The molecule has 0 atom stereocenters. The fourth-order valence-corrected chi connectivity index (χ4v) is 5.01. The lowest BCUT2D eigenvalue weighted by molar-refractivity contribution is -0.115. The predicted octanol–water partition coefficient (Wildman–Crippen LogP) is 5.51. The quantitative estimate of drug-likeness (QED) is 0.304. The van der Waals surface area contributed by atoms with Crippen molar-refractivity contribution in [1.29, 1.82) is 0 Å². The van der Waals surface area contributed by atoms with E-state index < -0.39 is 5.97 Å². The molecule has 0 saturated heterocycles. The van der Waals surface area contributed by atoms with Crippen LogP contribution in [0.2, 0.25) is 0 Å². The minimum atomic E-state index is -0.497. The average Bonchev–Trinajstić information content (AvgIpc) is 3.59. The Kier molecular flexibility index (Phi) is 7.29. The standard InChI is InChI=1S/C24H22N2O6S2/c1-4-31-24(28)22-16(12-20(34-22)14-7-8-17(29-2)19(10-14)30-3)26-21(27)11-15-13-33-23(25-15)18-6-5-9-32-18/h5-10,12-13H,4,11H2,1-3H3,(H,26,27). The number of anilines is 1. The van der Waals surface area contributed by atoms with Crippen LogP contribution in [0.1, 0.15) is 22.3 Å². The molecule has 0 spiro atoms. The minimum absolute atomic E-state index is 0.0566. The number of nitrogens with one attached hydrogen (secondary N) is 1. The summed E-state index contributed by atoms with van der Waals surface area (Å²) >= 11 is 2.63. The molecule has 0 fully saturated rings. The first kappa shape index (κ1) is 23.5. The fraction of sp³-hybridized carbons (Fsp3) is 0.208. The zero-order chi connectivity index (χ0) is 24.1. The van der Waals surface area contributed by atoms with E-state index in [4.69, 9.17) is 18.6 Å². The van der Waals surface area contributed by atoms with Gasteiger partial charge in [0.2, 0.25) is 5.91 Å². The maximum Gasteiger partial charge on any atom is 0.350 e. The van der Waals surface area contributed by atoms with E-state index in [2.05, 4.69) is 10.3 Å². The van der Waals surface area contributed by atoms with E-state index in [1.807, 2.05) is 23.6 Å². The van der Waals surface area contributed by atoms with Gasteiger partial charge in [0.1, 0.15) is 4.88 Å². The molecule has 0 radical (unpaired) electrons. The smallest absolute Gasteiger partial charge is 0.350 e. The van der Waals surface area contributed by atoms with Crippen LogP contribution in [0.25, 0.3) is 21.2 Å². The molecule has 34 heavy (non-hydrogen) atoms. The van der Waals surface area contributed by atoms with Gasteiger partial charge in [0.15, 0.2) is 22.3 Å². The third-order valence-corrected chi connectivity index (χ3v) is 6.83. The van der Waals surface area contributed by atoms with Crippen molar-refractivity contribution in [1.82, 2.24) is 4.98 Å². The number of furan rings is 1. The lowest BCUT2D eigenvalue weighted by Crippen LogP contribution is -2.16. The first-order chi connectivity index (χ1) is 16.5. The largest absolute Gasteiger partial charge is 0.493 e. The Morgan fingerprint density at radius 2 is 1.94 bits per heavy atom. The molecule has 3 aromatic heterocycles. The summed E-state index contributed by atoms with van der Waals surface area (Å²) in [5.74, 6) is 1.02. The molecule has 176 valence electrons. The van der Waals surface area contributed by atoms with Gasteiger partial charge in [-0.25, -0.2) is 9.78 Å². The number of nitrogens with zero attached hydrogens (tertiary/aromatic N) is 1. The van der Waals surface area contributed by atoms with Crippen molar-refractivity contribution in [3.63, 3.8) is 0 Å². The van der Waals surface area contributed by atoms with Gasteiger partial charge in [0, 0.05) is 10.3 Å². The number of hydrogen-bond donors (Lipinski definition) is 1. The Balaban J connectivity index is 1.57. The van der Waals surface area contributed by atoms with Gasteiger partial charge in [-0.2, -0.15) is 0 Å². The van der Waals surface area contributed by atoms with Crippen LogP contribution < -0.4 is 14.8 Å². The van der Waals surface area contributed by atoms with Crippen LogP contribution in [-0.4, -0.2) is 37.7 Å². The van der Waals surface area contributed by atoms with Crippen LogP contribution in [0.5, 0.6) is 11.5 Å². The Morgan fingerprint density at radius 3 is 2.65 bits per heavy atom. The van der Waals surface area contributed by atoms with E-state index >= 15 is 0 Å². The van der Waals surface area contributed by atoms with Crippen molar-refractivity contribution in [2.24, 2.45) is 0 Å². The van der Waals surface area contributed by atoms with Crippen molar-refractivity contribution in [3.8, 4) is 32.7 Å². The predicted molar refractivity (Wildman–Crippen MR) is 131 cm³/mol. The number of methoxy groups -OCH3 is 2. The van der Waals surface area contributed by atoms with Crippen molar-refractivity contribution < 1.29 is 28.2 Å². The molecule has 3 heterocycles. The van der Waals surface area contributed by atoms with Crippen molar-refractivity contribution in [2.45, 2.75) is 13.3 Å². The van der Waals surface area contributed by atoms with Crippen LogP contribution in [-0.2, 0) is 16.0 Å². The van der Waals surface area contributed by atoms with E-state index in [0.717, 1.165) is 10.4 Å². The van der Waals surface area contributed by atoms with Crippen molar-refractivity contribution in [3.05, 3.63) is 58.6 Å². The van der Waals surface area contributed by atoms with Gasteiger partial charge in [0.05, 0.1) is 44.9 Å². The Morgan fingerprint density at radius 1 is 1.12 bits per heavy atom. The number of hydrogen-bond acceptors (Lipinski definition) is 9. The summed E-state index contributed by atoms with van der Waals surface area (Å²) < 4.78 is 21.2. The maximum atomic E-state index is 12.8. The average molecular weight is 499 g/mol. The summed E-state index contributed by atoms with van der Waals surface area (Å²) in [6.45, 7) is 1.96. The highest BCUT2D eigenvalue weighted by Crippen LogP contribution is 2.39. The topological polar surface area (TPSA) is 99.9 Å². The third kappa shape index (κ3) is 5.13. The molecule has 0 aliphatic heterocycles. The highest BCUT2D eigenvalue weighted by Gasteiger charge is 2.21. The normalized spacial score (nSPS) is 10.7. The number of thiazole rings is 1. The number of carbonyl (C=O) groups excluding carboxylic acids is 2. The number of rotatable bonds is 9. The van der Waals surface area contributed by atoms with Gasteiger partial charge in [-0.3, -0.25) is 4.79 Å². The molecule has 4 rings (SSSR count). The van der Waals surface area contributed by atoms with E-state index in [1.165, 1.54) is 22.7 Å². The van der Waals surface area contributed by atoms with Crippen molar-refractivity contribution >= 4 is 40.2 Å². The zero-order valence-electron chi connectivity index (χ0n) is 18.7. The molecule has 0 saturated carbocycles. The highest BCUT2D eigenvalue weighted by molar-refractivity contribution is 7.18. The van der Waals surface area contributed by atoms with Gasteiger partial charge in [-0.05, 0) is 48.9 Å². The van der Waals surface area contributed by atoms with Crippen molar-refractivity contribution in [2.75, 3.05) is 26.1 Å². The summed E-state index contributed by atoms with van der Waals surface area (Å²) in [6, 6.07) is 10.8. The van der Waals surface area contributed by atoms with E-state index in [9.17, 15) is 9.59 Å². The summed E-state index contributed by atoms with van der Waals surface area (Å²) in [6.07, 6.45) is 1.63. The summed E-state index contributed by atoms with van der Waals surface area (Å²) in [4.78, 5) is 30.9. The fourth-order valence-electron chi connectivity index (χ4n) is 3.22. The van der Waals surface area contributed by atoms with Crippen LogP contribution in [0.4, 0.5) is 5.69 Å². The first-order valence-corrected chi connectivity index (χ1v) is 12.0. The Bertz CT molecular complexity index is 1290. The van der Waals surface area contributed by atoms with Gasteiger partial charge in [-0.1, -0.05) is 0 Å². The molecular weight excluding hydrogens is 476 g/mol.